The van der Waals surface area contributed by atoms with Crippen LogP contribution in [0.2, 0.25) is 0 Å². The second-order valence-electron chi connectivity index (χ2n) is 4.48. The maximum Gasteiger partial charge on any atom is 0.250 e. The normalized spacial score (nSPS) is 10.6. The molecule has 0 unspecified atom stereocenters. The van der Waals surface area contributed by atoms with Gasteiger partial charge in [0.15, 0.2) is 0 Å². The molecule has 0 aliphatic heterocycles. The third-order valence-corrected chi connectivity index (χ3v) is 3.16. The Labute approximate surface area is 114 Å². The van der Waals surface area contributed by atoms with Gasteiger partial charge in [0, 0.05) is 23.5 Å². The van der Waals surface area contributed by atoms with Gasteiger partial charge in [-0.15, -0.1) is 4.91 Å². The maximum absolute atomic E-state index is 11.2. The molecule has 0 fully saturated rings. The molecule has 1 aromatic carbocycles. The molecule has 2 N–H and O–H groups in total. The van der Waals surface area contributed by atoms with E-state index in [1.165, 1.54) is 0 Å². The third kappa shape index (κ3) is 2.05. The van der Waals surface area contributed by atoms with Crippen LogP contribution < -0.4 is 5.73 Å². The fourth-order valence-electron chi connectivity index (χ4n) is 2.16. The summed E-state index contributed by atoms with van der Waals surface area (Å²) in [5, 5.41) is 2.93. The number of pyridine rings is 1. The number of aromatic nitrogens is 1. The van der Waals surface area contributed by atoms with Gasteiger partial charge in [0.1, 0.15) is 5.69 Å². The minimum absolute atomic E-state index is 0.385. The first-order valence-corrected chi connectivity index (χ1v) is 6.03. The summed E-state index contributed by atoms with van der Waals surface area (Å²) in [7, 11) is 0. The highest BCUT2D eigenvalue weighted by atomic mass is 16.3. The lowest BCUT2D eigenvalue weighted by Gasteiger charge is -1.98. The van der Waals surface area contributed by atoms with Gasteiger partial charge in [-0.05, 0) is 41.1 Å². The number of hydrogen-bond donors (Lipinski definition) is 1. The van der Waals surface area contributed by atoms with Gasteiger partial charge in [-0.2, -0.15) is 0 Å². The van der Waals surface area contributed by atoms with Crippen molar-refractivity contribution in [2.24, 2.45) is 10.9 Å². The number of benzene rings is 1. The predicted octanol–water partition coefficient (Wildman–Crippen LogP) is 3.10. The minimum Gasteiger partial charge on any atom is -0.366 e. The van der Waals surface area contributed by atoms with E-state index in [1.807, 2.05) is 28.8 Å². The number of fused-ring (bicyclic) bond motifs is 1. The van der Waals surface area contributed by atoms with Crippen molar-refractivity contribution in [1.82, 2.24) is 4.40 Å². The second-order valence-corrected chi connectivity index (χ2v) is 4.48. The van der Waals surface area contributed by atoms with E-state index in [0.717, 1.165) is 16.6 Å². The lowest BCUT2D eigenvalue weighted by atomic mass is 10.1. The Hall–Kier alpha value is -2.95. The number of nitrogens with two attached hydrogens (primary N) is 1. The molecular formula is C15H11N3O2. The molecule has 0 spiro atoms. The molecule has 2 aromatic heterocycles. The summed E-state index contributed by atoms with van der Waals surface area (Å²) >= 11 is 0. The Morgan fingerprint density at radius 3 is 2.65 bits per heavy atom. The number of carbonyl (C=O) groups is 1. The molecule has 2 heterocycles. The molecular weight excluding hydrogens is 254 g/mol. The zero-order valence-electron chi connectivity index (χ0n) is 10.5. The Kier molecular flexibility index (Phi) is 2.80. The SMILES string of the molecule is NC(=O)c1ccc2cc(-c3cccc(N=O)c3)cn2c1. The molecule has 0 atom stereocenters. The van der Waals surface area contributed by atoms with Crippen LogP contribution in [0.15, 0.2) is 60.0 Å². The first-order chi connectivity index (χ1) is 9.67. The Balaban J connectivity index is 2.12. The summed E-state index contributed by atoms with van der Waals surface area (Å²) in [6.45, 7) is 0. The summed E-state index contributed by atoms with van der Waals surface area (Å²) in [5.41, 5.74) is 8.87. The summed E-state index contributed by atoms with van der Waals surface area (Å²) in [6.07, 6.45) is 3.56. The molecule has 0 saturated carbocycles. The van der Waals surface area contributed by atoms with Gasteiger partial charge >= 0.3 is 0 Å². The van der Waals surface area contributed by atoms with Crippen molar-refractivity contribution in [3.05, 3.63) is 65.3 Å². The number of nitrogens with zero attached hydrogens (tertiary/aromatic N) is 2. The van der Waals surface area contributed by atoms with E-state index in [1.54, 1.807) is 30.5 Å². The van der Waals surface area contributed by atoms with E-state index < -0.39 is 5.91 Å². The molecule has 3 aromatic rings. The van der Waals surface area contributed by atoms with Crippen molar-refractivity contribution in [3.63, 3.8) is 0 Å². The smallest absolute Gasteiger partial charge is 0.250 e. The number of carbonyl (C=O) groups excluding carboxylic acids is 1. The average Bonchev–Trinajstić information content (AvgIpc) is 2.90. The van der Waals surface area contributed by atoms with Crippen LogP contribution in [0, 0.1) is 4.91 Å². The van der Waals surface area contributed by atoms with Gasteiger partial charge in [0.2, 0.25) is 5.91 Å². The molecule has 3 rings (SSSR count). The van der Waals surface area contributed by atoms with E-state index in [9.17, 15) is 9.70 Å². The van der Waals surface area contributed by atoms with Crippen molar-refractivity contribution in [2.75, 3.05) is 0 Å². The van der Waals surface area contributed by atoms with Gasteiger partial charge in [0.05, 0.1) is 5.56 Å². The topological polar surface area (TPSA) is 76.9 Å². The predicted molar refractivity (Wildman–Crippen MR) is 76.8 cm³/mol. The molecule has 0 bridgehead atoms. The highest BCUT2D eigenvalue weighted by Gasteiger charge is 2.06. The molecule has 20 heavy (non-hydrogen) atoms. The highest BCUT2D eigenvalue weighted by molar-refractivity contribution is 5.93. The van der Waals surface area contributed by atoms with Crippen molar-refractivity contribution in [2.45, 2.75) is 0 Å². The molecule has 5 heteroatoms. The van der Waals surface area contributed by atoms with Crippen molar-refractivity contribution in [1.29, 1.82) is 0 Å². The molecule has 0 aliphatic rings. The fourth-order valence-corrected chi connectivity index (χ4v) is 2.16. The largest absolute Gasteiger partial charge is 0.366 e. The lowest BCUT2D eigenvalue weighted by Crippen LogP contribution is -2.11. The second kappa shape index (κ2) is 4.62. The molecule has 5 nitrogen and oxygen atoms in total. The lowest BCUT2D eigenvalue weighted by molar-refractivity contribution is 0.1000. The highest BCUT2D eigenvalue weighted by Crippen LogP contribution is 2.26. The zero-order valence-corrected chi connectivity index (χ0v) is 10.5. The Morgan fingerprint density at radius 1 is 1.05 bits per heavy atom. The average molecular weight is 265 g/mol. The first kappa shape index (κ1) is 12.1. The van der Waals surface area contributed by atoms with Gasteiger partial charge in [0.25, 0.3) is 0 Å². The van der Waals surface area contributed by atoms with E-state index in [0.29, 0.717) is 11.3 Å². The molecule has 0 aliphatic carbocycles. The number of primary amides is 1. The molecule has 0 saturated heterocycles. The number of hydrogen-bond acceptors (Lipinski definition) is 3. The van der Waals surface area contributed by atoms with Crippen molar-refractivity contribution < 1.29 is 4.79 Å². The van der Waals surface area contributed by atoms with Gasteiger partial charge in [-0.1, -0.05) is 12.1 Å². The number of nitroso groups, excluding NO2 is 1. The summed E-state index contributed by atoms with van der Waals surface area (Å²) in [4.78, 5) is 21.7. The maximum atomic E-state index is 11.2. The van der Waals surface area contributed by atoms with E-state index in [2.05, 4.69) is 5.18 Å². The molecule has 1 amide bonds. The Morgan fingerprint density at radius 2 is 1.90 bits per heavy atom. The molecule has 0 radical (unpaired) electrons. The van der Waals surface area contributed by atoms with Crippen LogP contribution in [-0.4, -0.2) is 10.3 Å². The van der Waals surface area contributed by atoms with Crippen molar-refractivity contribution in [3.8, 4) is 11.1 Å². The summed E-state index contributed by atoms with van der Waals surface area (Å²) in [6, 6.07) is 12.5. The van der Waals surface area contributed by atoms with Crippen molar-refractivity contribution >= 4 is 17.1 Å². The monoisotopic (exact) mass is 265 g/mol. The Bertz CT molecular complexity index is 821. The fraction of sp³-hybridized carbons (Fsp3) is 0. The standard InChI is InChI=1S/C15H11N3O2/c16-15(19)11-4-5-14-7-12(9-18(14)8-11)10-2-1-3-13(6-10)17-20/h1-9H,(H2,16,19). The summed E-state index contributed by atoms with van der Waals surface area (Å²) < 4.78 is 1.83. The van der Waals surface area contributed by atoms with Crippen LogP contribution in [0.4, 0.5) is 5.69 Å². The summed E-state index contributed by atoms with van der Waals surface area (Å²) in [5.74, 6) is -0.464. The van der Waals surface area contributed by atoms with E-state index in [4.69, 9.17) is 5.73 Å². The number of amides is 1. The zero-order chi connectivity index (χ0) is 14.1. The third-order valence-electron chi connectivity index (χ3n) is 3.16. The van der Waals surface area contributed by atoms with Gasteiger partial charge in [-0.3, -0.25) is 4.79 Å². The van der Waals surface area contributed by atoms with Crippen LogP contribution in [-0.2, 0) is 0 Å². The van der Waals surface area contributed by atoms with E-state index in [-0.39, 0.29) is 0 Å². The first-order valence-electron chi connectivity index (χ1n) is 6.03. The van der Waals surface area contributed by atoms with Crippen LogP contribution >= 0.6 is 0 Å². The van der Waals surface area contributed by atoms with E-state index >= 15 is 0 Å². The number of rotatable bonds is 3. The van der Waals surface area contributed by atoms with Crippen LogP contribution in [0.3, 0.4) is 0 Å². The quantitative estimate of drug-likeness (QED) is 0.738. The van der Waals surface area contributed by atoms with Crippen LogP contribution in [0.25, 0.3) is 16.6 Å². The van der Waals surface area contributed by atoms with Crippen LogP contribution in [0.5, 0.6) is 0 Å². The van der Waals surface area contributed by atoms with Gasteiger partial charge < -0.3 is 10.1 Å². The molecule has 98 valence electrons. The van der Waals surface area contributed by atoms with Crippen LogP contribution in [0.1, 0.15) is 10.4 Å². The minimum atomic E-state index is -0.464. The van der Waals surface area contributed by atoms with Gasteiger partial charge in [-0.25, -0.2) is 0 Å².